The zero-order chi connectivity index (χ0) is 19.8. The Morgan fingerprint density at radius 1 is 1.24 bits per heavy atom. The first-order chi connectivity index (χ1) is 14.2. The molecule has 0 spiro atoms. The Morgan fingerprint density at radius 2 is 2.10 bits per heavy atom. The molecule has 29 heavy (non-hydrogen) atoms. The summed E-state index contributed by atoms with van der Waals surface area (Å²) in [6, 6.07) is 7.73. The molecule has 3 aromatic rings. The van der Waals surface area contributed by atoms with Gasteiger partial charge in [0, 0.05) is 43.8 Å². The van der Waals surface area contributed by atoms with Crippen molar-refractivity contribution in [3.8, 4) is 0 Å². The zero-order valence-electron chi connectivity index (χ0n) is 16.2. The van der Waals surface area contributed by atoms with Gasteiger partial charge in [0.15, 0.2) is 0 Å². The Labute approximate surface area is 168 Å². The van der Waals surface area contributed by atoms with Crippen molar-refractivity contribution in [3.05, 3.63) is 54.2 Å². The molecule has 0 aromatic carbocycles. The second kappa shape index (κ2) is 7.39. The summed E-state index contributed by atoms with van der Waals surface area (Å²) in [6.07, 6.45) is 7.62. The lowest BCUT2D eigenvalue weighted by Crippen LogP contribution is -2.42. The number of rotatable bonds is 4. The molecule has 0 aliphatic carbocycles. The smallest absolute Gasteiger partial charge is 0.227 e. The number of pyridine rings is 1. The molecule has 2 aliphatic heterocycles. The van der Waals surface area contributed by atoms with Gasteiger partial charge in [-0.1, -0.05) is 0 Å². The number of amides is 2. The first-order valence-corrected chi connectivity index (χ1v) is 10.2. The highest BCUT2D eigenvalue weighted by Crippen LogP contribution is 2.33. The maximum absolute atomic E-state index is 13.0. The monoisotopic (exact) mass is 392 g/mol. The van der Waals surface area contributed by atoms with E-state index in [2.05, 4.69) is 22.2 Å². The molecule has 0 saturated carbocycles. The van der Waals surface area contributed by atoms with Crippen LogP contribution in [0, 0.1) is 5.92 Å². The van der Waals surface area contributed by atoms with Gasteiger partial charge in [-0.2, -0.15) is 0 Å². The van der Waals surface area contributed by atoms with Gasteiger partial charge in [0.25, 0.3) is 0 Å². The van der Waals surface area contributed by atoms with E-state index in [9.17, 15) is 9.59 Å². The minimum Gasteiger partial charge on any atom is -0.467 e. The molecule has 150 valence electrons. The lowest BCUT2D eigenvalue weighted by atomic mass is 9.89. The van der Waals surface area contributed by atoms with Gasteiger partial charge in [-0.25, -0.2) is 4.98 Å². The fraction of sp³-hybridized carbons (Fsp3) is 0.409. The first-order valence-electron chi connectivity index (χ1n) is 10.2. The number of aromatic amines is 1. The third-order valence-electron chi connectivity index (χ3n) is 6.22. The van der Waals surface area contributed by atoms with Crippen molar-refractivity contribution in [1.29, 1.82) is 0 Å². The van der Waals surface area contributed by atoms with Crippen molar-refractivity contribution >= 4 is 22.8 Å². The number of carbonyl (C=O) groups excluding carboxylic acids is 2. The highest BCUT2D eigenvalue weighted by Gasteiger charge is 2.38. The van der Waals surface area contributed by atoms with E-state index in [0.717, 1.165) is 37.3 Å². The quantitative estimate of drug-likeness (QED) is 0.740. The molecule has 5 heterocycles. The first kappa shape index (κ1) is 18.0. The Morgan fingerprint density at radius 3 is 2.90 bits per heavy atom. The topological polar surface area (TPSA) is 82.4 Å². The fourth-order valence-electron chi connectivity index (χ4n) is 4.67. The van der Waals surface area contributed by atoms with Crippen molar-refractivity contribution < 1.29 is 14.0 Å². The average Bonchev–Trinajstić information content (AvgIpc) is 3.49. The van der Waals surface area contributed by atoms with E-state index in [4.69, 9.17) is 4.42 Å². The number of likely N-dealkylation sites (tertiary alicyclic amines) is 2. The third-order valence-corrected chi connectivity index (χ3v) is 6.22. The lowest BCUT2D eigenvalue weighted by molar-refractivity contribution is -0.136. The SMILES string of the molecule is O=C1CC(C(=O)N2CCC(c3c[nH]c4ncccc34)CC2)CN1Cc1ccco1. The number of hydrogen-bond acceptors (Lipinski definition) is 4. The maximum Gasteiger partial charge on any atom is 0.227 e. The Hall–Kier alpha value is -3.09. The Bertz CT molecular complexity index is 1020. The number of furan rings is 1. The molecule has 2 amide bonds. The normalized spacial score (nSPS) is 20.7. The molecule has 1 atom stereocenters. The summed E-state index contributed by atoms with van der Waals surface area (Å²) >= 11 is 0. The van der Waals surface area contributed by atoms with Crippen LogP contribution in [0.15, 0.2) is 47.3 Å². The van der Waals surface area contributed by atoms with Gasteiger partial charge in [-0.15, -0.1) is 0 Å². The number of piperidine rings is 1. The van der Waals surface area contributed by atoms with Crippen molar-refractivity contribution in [3.63, 3.8) is 0 Å². The standard InChI is InChI=1S/C22H24N4O3/c27-20-11-16(13-26(20)14-17-3-2-10-29-17)22(28)25-8-5-15(6-9-25)19-12-24-21-18(19)4-1-7-23-21/h1-4,7,10,12,15-16H,5-6,8-9,11,13-14H2,(H,23,24). The molecular formula is C22H24N4O3. The summed E-state index contributed by atoms with van der Waals surface area (Å²) in [4.78, 5) is 36.6. The molecule has 3 aromatic heterocycles. The van der Waals surface area contributed by atoms with E-state index in [1.165, 1.54) is 10.9 Å². The van der Waals surface area contributed by atoms with Crippen LogP contribution in [-0.4, -0.2) is 51.2 Å². The molecule has 2 aliphatic rings. The molecule has 7 heteroatoms. The number of aromatic nitrogens is 2. The lowest BCUT2D eigenvalue weighted by Gasteiger charge is -2.33. The molecule has 5 rings (SSSR count). The van der Waals surface area contributed by atoms with E-state index < -0.39 is 0 Å². The van der Waals surface area contributed by atoms with Crippen molar-refractivity contribution in [2.45, 2.75) is 31.7 Å². The predicted octanol–water partition coefficient (Wildman–Crippen LogP) is 2.91. The number of fused-ring (bicyclic) bond motifs is 1. The van der Waals surface area contributed by atoms with E-state index in [1.807, 2.05) is 23.1 Å². The van der Waals surface area contributed by atoms with Crippen LogP contribution in [0.5, 0.6) is 0 Å². The van der Waals surface area contributed by atoms with Crippen molar-refractivity contribution in [2.24, 2.45) is 5.92 Å². The second-order valence-corrected chi connectivity index (χ2v) is 8.00. The molecular weight excluding hydrogens is 368 g/mol. The number of hydrogen-bond donors (Lipinski definition) is 1. The molecule has 1 unspecified atom stereocenters. The van der Waals surface area contributed by atoms with Crippen LogP contribution in [0.2, 0.25) is 0 Å². The second-order valence-electron chi connectivity index (χ2n) is 8.00. The van der Waals surface area contributed by atoms with Crippen LogP contribution in [0.1, 0.15) is 36.5 Å². The Balaban J connectivity index is 1.20. The van der Waals surface area contributed by atoms with Crippen molar-refractivity contribution in [2.75, 3.05) is 19.6 Å². The van der Waals surface area contributed by atoms with E-state index in [0.29, 0.717) is 25.4 Å². The zero-order valence-corrected chi connectivity index (χ0v) is 16.2. The van der Waals surface area contributed by atoms with Gasteiger partial charge in [0.1, 0.15) is 11.4 Å². The third kappa shape index (κ3) is 3.41. The van der Waals surface area contributed by atoms with E-state index >= 15 is 0 Å². The molecule has 1 N–H and O–H groups in total. The van der Waals surface area contributed by atoms with Crippen LogP contribution >= 0.6 is 0 Å². The molecule has 2 saturated heterocycles. The molecule has 0 radical (unpaired) electrons. The van der Waals surface area contributed by atoms with Crippen LogP contribution in [-0.2, 0) is 16.1 Å². The minimum atomic E-state index is -0.244. The van der Waals surface area contributed by atoms with Gasteiger partial charge in [0.2, 0.25) is 11.8 Å². The highest BCUT2D eigenvalue weighted by molar-refractivity contribution is 5.89. The van der Waals surface area contributed by atoms with Gasteiger partial charge < -0.3 is 19.2 Å². The van der Waals surface area contributed by atoms with Crippen LogP contribution in [0.25, 0.3) is 11.0 Å². The largest absolute Gasteiger partial charge is 0.467 e. The number of H-pyrrole nitrogens is 1. The summed E-state index contributed by atoms with van der Waals surface area (Å²) in [5, 5.41) is 1.17. The molecule has 2 fully saturated rings. The molecule has 7 nitrogen and oxygen atoms in total. The highest BCUT2D eigenvalue weighted by atomic mass is 16.3. The predicted molar refractivity (Wildman–Crippen MR) is 107 cm³/mol. The molecule has 0 bridgehead atoms. The Kier molecular flexibility index (Phi) is 4.58. The van der Waals surface area contributed by atoms with E-state index in [-0.39, 0.29) is 17.7 Å². The maximum atomic E-state index is 13.0. The van der Waals surface area contributed by atoms with E-state index in [1.54, 1.807) is 17.4 Å². The minimum absolute atomic E-state index is 0.0286. The fourth-order valence-corrected chi connectivity index (χ4v) is 4.67. The summed E-state index contributed by atoms with van der Waals surface area (Å²) in [5.74, 6) is 1.07. The van der Waals surface area contributed by atoms with Gasteiger partial charge in [0.05, 0.1) is 18.7 Å². The summed E-state index contributed by atoms with van der Waals surface area (Å²) in [6.45, 7) is 2.39. The van der Waals surface area contributed by atoms with Gasteiger partial charge >= 0.3 is 0 Å². The summed E-state index contributed by atoms with van der Waals surface area (Å²) in [7, 11) is 0. The van der Waals surface area contributed by atoms with Gasteiger partial charge in [-0.05, 0) is 48.6 Å². The van der Waals surface area contributed by atoms with Crippen LogP contribution < -0.4 is 0 Å². The summed E-state index contributed by atoms with van der Waals surface area (Å²) in [5.41, 5.74) is 2.21. The summed E-state index contributed by atoms with van der Waals surface area (Å²) < 4.78 is 5.34. The number of nitrogens with one attached hydrogen (secondary N) is 1. The number of nitrogens with zero attached hydrogens (tertiary/aromatic N) is 3. The average molecular weight is 392 g/mol. The number of carbonyl (C=O) groups is 2. The van der Waals surface area contributed by atoms with Crippen LogP contribution in [0.3, 0.4) is 0 Å². The van der Waals surface area contributed by atoms with Gasteiger partial charge in [-0.3, -0.25) is 9.59 Å². The van der Waals surface area contributed by atoms with Crippen molar-refractivity contribution in [1.82, 2.24) is 19.8 Å². The van der Waals surface area contributed by atoms with Crippen LogP contribution in [0.4, 0.5) is 0 Å².